The van der Waals surface area contributed by atoms with Crippen LogP contribution in [0.4, 0.5) is 16.2 Å². The highest BCUT2D eigenvalue weighted by molar-refractivity contribution is 9.10. The van der Waals surface area contributed by atoms with Gasteiger partial charge >= 0.3 is 0 Å². The van der Waals surface area contributed by atoms with E-state index < -0.39 is 23.6 Å². The smallest absolute Gasteiger partial charge is 0.294 e. The molecular formula is C30H27BrClN3O6S. The summed E-state index contributed by atoms with van der Waals surface area (Å²) in [6.07, 6.45) is 1.53. The molecule has 0 spiro atoms. The van der Waals surface area contributed by atoms with Crippen LogP contribution in [0.25, 0.3) is 6.08 Å². The molecule has 1 aliphatic heterocycles. The second kappa shape index (κ2) is 13.5. The molecule has 0 aromatic heterocycles. The Morgan fingerprint density at radius 2 is 1.64 bits per heavy atom. The van der Waals surface area contributed by atoms with Crippen LogP contribution < -0.4 is 20.1 Å². The van der Waals surface area contributed by atoms with E-state index in [9.17, 15) is 19.2 Å². The summed E-state index contributed by atoms with van der Waals surface area (Å²) in [6.45, 7) is 5.05. The Hall–Kier alpha value is -3.80. The number of thioether (sulfide) groups is 1. The monoisotopic (exact) mass is 671 g/mol. The number of anilines is 2. The van der Waals surface area contributed by atoms with Crippen molar-refractivity contribution in [2.24, 2.45) is 0 Å². The third kappa shape index (κ3) is 7.53. The van der Waals surface area contributed by atoms with Gasteiger partial charge in [0.15, 0.2) is 18.1 Å². The number of nitrogens with one attached hydrogen (secondary N) is 2. The maximum atomic E-state index is 13.0. The number of carbonyl (C=O) groups excluding carboxylic acids is 4. The average molecular weight is 673 g/mol. The molecule has 12 heteroatoms. The highest BCUT2D eigenvalue weighted by Crippen LogP contribution is 2.35. The molecule has 0 radical (unpaired) electrons. The first-order valence-electron chi connectivity index (χ1n) is 12.6. The fourth-order valence-electron chi connectivity index (χ4n) is 3.95. The van der Waals surface area contributed by atoms with E-state index in [-0.39, 0.29) is 17.4 Å². The molecule has 4 amide bonds. The van der Waals surface area contributed by atoms with Crippen LogP contribution in [0.3, 0.4) is 0 Å². The molecule has 0 aliphatic carbocycles. The SMILES string of the molecule is COc1cc(/C=C2/SC(=O)N(CC(=O)Nc3cc(Cl)ccc3C)C2=O)ccc1OCC(=O)Nc1cc(C)c(C)cc1Br. The summed E-state index contributed by atoms with van der Waals surface area (Å²) in [4.78, 5) is 51.6. The molecule has 3 aromatic rings. The summed E-state index contributed by atoms with van der Waals surface area (Å²) >= 11 is 10.2. The van der Waals surface area contributed by atoms with Crippen LogP contribution in [0.15, 0.2) is 57.9 Å². The quantitative estimate of drug-likeness (QED) is 0.242. The maximum absolute atomic E-state index is 13.0. The van der Waals surface area contributed by atoms with Crippen molar-refractivity contribution in [1.82, 2.24) is 4.90 Å². The van der Waals surface area contributed by atoms with Crippen molar-refractivity contribution in [3.8, 4) is 11.5 Å². The van der Waals surface area contributed by atoms with Gasteiger partial charge in [0.25, 0.3) is 17.1 Å². The van der Waals surface area contributed by atoms with Crippen LogP contribution in [0.1, 0.15) is 22.3 Å². The predicted molar refractivity (Wildman–Crippen MR) is 168 cm³/mol. The minimum Gasteiger partial charge on any atom is -0.493 e. The highest BCUT2D eigenvalue weighted by Gasteiger charge is 2.36. The Morgan fingerprint density at radius 3 is 2.38 bits per heavy atom. The first kappa shape index (κ1) is 31.1. The molecule has 4 rings (SSSR count). The summed E-state index contributed by atoms with van der Waals surface area (Å²) in [6, 6.07) is 13.7. The predicted octanol–water partition coefficient (Wildman–Crippen LogP) is 6.73. The molecule has 9 nitrogen and oxygen atoms in total. The normalized spacial score (nSPS) is 13.9. The van der Waals surface area contributed by atoms with Crippen molar-refractivity contribution in [3.05, 3.63) is 85.2 Å². The fraction of sp³-hybridized carbons (Fsp3) is 0.200. The molecule has 1 fully saturated rings. The maximum Gasteiger partial charge on any atom is 0.294 e. The molecule has 0 saturated carbocycles. The van der Waals surface area contributed by atoms with E-state index in [0.717, 1.165) is 37.8 Å². The number of carbonyl (C=O) groups is 4. The zero-order valence-corrected chi connectivity index (χ0v) is 26.3. The minimum absolute atomic E-state index is 0.154. The van der Waals surface area contributed by atoms with E-state index in [4.69, 9.17) is 21.1 Å². The van der Waals surface area contributed by atoms with Gasteiger partial charge in [-0.1, -0.05) is 23.7 Å². The van der Waals surface area contributed by atoms with Crippen molar-refractivity contribution in [3.63, 3.8) is 0 Å². The van der Waals surface area contributed by atoms with E-state index in [0.29, 0.717) is 33.5 Å². The third-order valence-corrected chi connectivity index (χ3v) is 8.15. The largest absolute Gasteiger partial charge is 0.493 e. The molecule has 2 N–H and O–H groups in total. The van der Waals surface area contributed by atoms with Gasteiger partial charge in [-0.3, -0.25) is 24.1 Å². The van der Waals surface area contributed by atoms with Gasteiger partial charge in [0, 0.05) is 15.2 Å². The number of nitrogens with zero attached hydrogens (tertiary/aromatic N) is 1. The Kier molecular flexibility index (Phi) is 9.97. The molecule has 1 aliphatic rings. The Bertz CT molecular complexity index is 1630. The van der Waals surface area contributed by atoms with E-state index in [1.54, 1.807) is 43.3 Å². The molecule has 0 atom stereocenters. The standard InChI is InChI=1S/C30H27BrClN3O6S/c1-16-5-7-20(32)13-22(16)33-27(36)14-35-29(38)26(42-30(35)39)12-19-6-8-24(25(11-19)40-4)41-15-28(37)34-23-10-18(3)17(2)9-21(23)31/h5-13H,14-15H2,1-4H3,(H,33,36)(H,34,37)/b26-12+. The fourth-order valence-corrected chi connectivity index (χ4v) is 5.52. The third-order valence-electron chi connectivity index (χ3n) is 6.35. The number of hydrogen-bond acceptors (Lipinski definition) is 7. The second-order valence-electron chi connectivity index (χ2n) is 9.44. The van der Waals surface area contributed by atoms with Crippen LogP contribution in [0.2, 0.25) is 5.02 Å². The molecule has 1 heterocycles. The lowest BCUT2D eigenvalue weighted by atomic mass is 10.1. The molecule has 1 saturated heterocycles. The Labute approximate surface area is 260 Å². The molecular weight excluding hydrogens is 646 g/mol. The lowest BCUT2D eigenvalue weighted by Crippen LogP contribution is -2.36. The van der Waals surface area contributed by atoms with Gasteiger partial charge in [-0.05, 0) is 113 Å². The number of amides is 4. The van der Waals surface area contributed by atoms with Crippen molar-refractivity contribution in [2.75, 3.05) is 30.9 Å². The topological polar surface area (TPSA) is 114 Å². The number of aryl methyl sites for hydroxylation is 3. The number of rotatable bonds is 9. The van der Waals surface area contributed by atoms with Gasteiger partial charge in [-0.15, -0.1) is 0 Å². The number of halogens is 2. The van der Waals surface area contributed by atoms with Crippen LogP contribution >= 0.6 is 39.3 Å². The van der Waals surface area contributed by atoms with Crippen molar-refractivity contribution in [2.45, 2.75) is 20.8 Å². The van der Waals surface area contributed by atoms with Gasteiger partial charge in [0.1, 0.15) is 6.54 Å². The van der Waals surface area contributed by atoms with Crippen LogP contribution in [0.5, 0.6) is 11.5 Å². The van der Waals surface area contributed by atoms with Gasteiger partial charge in [-0.25, -0.2) is 0 Å². The zero-order chi connectivity index (χ0) is 30.6. The lowest BCUT2D eigenvalue weighted by molar-refractivity contribution is -0.127. The molecule has 0 bridgehead atoms. The Balaban J connectivity index is 1.39. The summed E-state index contributed by atoms with van der Waals surface area (Å²) in [5.41, 5.74) is 4.63. The molecule has 0 unspecified atom stereocenters. The van der Waals surface area contributed by atoms with Crippen molar-refractivity contribution >= 4 is 79.7 Å². The first-order valence-corrected chi connectivity index (χ1v) is 14.6. The number of imide groups is 1. The lowest BCUT2D eigenvalue weighted by Gasteiger charge is -2.14. The van der Waals surface area contributed by atoms with Gasteiger partial charge in [-0.2, -0.15) is 0 Å². The van der Waals surface area contributed by atoms with E-state index in [2.05, 4.69) is 26.6 Å². The number of ether oxygens (including phenoxy) is 2. The zero-order valence-electron chi connectivity index (χ0n) is 23.2. The summed E-state index contributed by atoms with van der Waals surface area (Å²) in [5, 5.41) is 5.40. The number of methoxy groups -OCH3 is 1. The summed E-state index contributed by atoms with van der Waals surface area (Å²) in [5.74, 6) is -0.810. The van der Waals surface area contributed by atoms with E-state index >= 15 is 0 Å². The van der Waals surface area contributed by atoms with Crippen molar-refractivity contribution in [1.29, 1.82) is 0 Å². The number of hydrogen-bond donors (Lipinski definition) is 2. The van der Waals surface area contributed by atoms with Crippen LogP contribution in [-0.2, 0) is 14.4 Å². The van der Waals surface area contributed by atoms with Crippen LogP contribution in [-0.4, -0.2) is 48.1 Å². The van der Waals surface area contributed by atoms with E-state index in [1.807, 2.05) is 26.0 Å². The number of benzene rings is 3. The van der Waals surface area contributed by atoms with Gasteiger partial charge in [0.05, 0.1) is 17.7 Å². The minimum atomic E-state index is -0.587. The second-order valence-corrected chi connectivity index (χ2v) is 11.7. The Morgan fingerprint density at radius 1 is 0.929 bits per heavy atom. The van der Waals surface area contributed by atoms with Gasteiger partial charge in [0.2, 0.25) is 5.91 Å². The highest BCUT2D eigenvalue weighted by atomic mass is 79.9. The first-order chi connectivity index (χ1) is 19.9. The molecule has 3 aromatic carbocycles. The summed E-state index contributed by atoms with van der Waals surface area (Å²) in [7, 11) is 1.45. The molecule has 218 valence electrons. The van der Waals surface area contributed by atoms with Crippen molar-refractivity contribution < 1.29 is 28.7 Å². The average Bonchev–Trinajstić information content (AvgIpc) is 3.20. The summed E-state index contributed by atoms with van der Waals surface area (Å²) < 4.78 is 11.9. The molecule has 42 heavy (non-hydrogen) atoms. The van der Waals surface area contributed by atoms with Crippen LogP contribution in [0, 0.1) is 20.8 Å². The van der Waals surface area contributed by atoms with Gasteiger partial charge < -0.3 is 20.1 Å². The van der Waals surface area contributed by atoms with E-state index in [1.165, 1.54) is 13.2 Å².